The zero-order valence-electron chi connectivity index (χ0n) is 40.4. The summed E-state index contributed by atoms with van der Waals surface area (Å²) < 4.78 is 8.83. The molecular formula is C71H46N2O. The van der Waals surface area contributed by atoms with Gasteiger partial charge in [0.1, 0.15) is 11.2 Å². The molecule has 0 atom stereocenters. The van der Waals surface area contributed by atoms with E-state index in [4.69, 9.17) is 4.42 Å². The Bertz CT molecular complexity index is 4440. The Morgan fingerprint density at radius 2 is 0.919 bits per heavy atom. The van der Waals surface area contributed by atoms with Crippen molar-refractivity contribution < 1.29 is 4.42 Å². The van der Waals surface area contributed by atoms with E-state index in [1.807, 2.05) is 6.07 Å². The van der Waals surface area contributed by atoms with Gasteiger partial charge in [0.25, 0.3) is 0 Å². The van der Waals surface area contributed by atoms with E-state index < -0.39 is 5.41 Å². The molecule has 0 amide bonds. The summed E-state index contributed by atoms with van der Waals surface area (Å²) in [6.07, 6.45) is 0. The molecule has 0 bridgehead atoms. The zero-order valence-corrected chi connectivity index (χ0v) is 40.4. The van der Waals surface area contributed by atoms with Gasteiger partial charge in [-0.2, -0.15) is 0 Å². The van der Waals surface area contributed by atoms with Crippen molar-refractivity contribution in [2.45, 2.75) is 5.41 Å². The minimum Gasteiger partial charge on any atom is -0.456 e. The van der Waals surface area contributed by atoms with E-state index in [0.717, 1.165) is 72.5 Å². The molecule has 2 heterocycles. The van der Waals surface area contributed by atoms with Gasteiger partial charge in [0, 0.05) is 32.8 Å². The van der Waals surface area contributed by atoms with Crippen LogP contribution in [-0.4, -0.2) is 4.57 Å². The Morgan fingerprint density at radius 3 is 1.74 bits per heavy atom. The van der Waals surface area contributed by atoms with Crippen molar-refractivity contribution in [1.82, 2.24) is 4.57 Å². The molecule has 0 saturated carbocycles. The van der Waals surface area contributed by atoms with Gasteiger partial charge < -0.3 is 13.9 Å². The zero-order chi connectivity index (χ0) is 48.7. The summed E-state index contributed by atoms with van der Waals surface area (Å²) >= 11 is 0. The van der Waals surface area contributed by atoms with Crippen molar-refractivity contribution in [3.05, 3.63) is 301 Å². The SMILES string of the molecule is c1ccc(C2(c3ccccc3)c3ccccc3-c3ccc(N(c4ccccc4-c4ccc(-c5ccc6c7ccccc7n(-c7cccc8oc9ccccc9c78)c6c5)cc4)c4cccc5ccccc45)cc32)cc1. The lowest BCUT2D eigenvalue weighted by Crippen LogP contribution is -2.28. The maximum absolute atomic E-state index is 6.40. The van der Waals surface area contributed by atoms with E-state index in [-0.39, 0.29) is 0 Å². The maximum Gasteiger partial charge on any atom is 0.137 e. The van der Waals surface area contributed by atoms with Gasteiger partial charge in [-0.3, -0.25) is 0 Å². The standard InChI is InChI=1S/C71H46N2O/c1-3-21-51(22-4-1)71(52-23-5-2-6-24-52)61-30-13-9-27-56(61)57-44-42-53(46-62(57)71)72(64-33-17-20-48-19-7-8-25-54(48)64)63-31-14-10-26-55(63)49-39-37-47(38-40-49)50-41-43-59-58-28-11-15-32-65(58)73(67(59)45-50)66-34-18-36-69-70(66)60-29-12-16-35-68(60)74-69/h1-46H. The Hall–Kier alpha value is -9.70. The quantitative estimate of drug-likeness (QED) is 0.151. The molecule has 0 spiro atoms. The minimum atomic E-state index is -0.539. The first kappa shape index (κ1) is 42.0. The molecule has 1 aliphatic carbocycles. The first-order valence-corrected chi connectivity index (χ1v) is 25.5. The number of anilines is 3. The second-order valence-corrected chi connectivity index (χ2v) is 19.5. The van der Waals surface area contributed by atoms with Crippen LogP contribution in [-0.2, 0) is 5.41 Å². The maximum atomic E-state index is 6.40. The van der Waals surface area contributed by atoms with Crippen molar-refractivity contribution in [3.63, 3.8) is 0 Å². The number of para-hydroxylation sites is 3. The average Bonchev–Trinajstić information content (AvgIpc) is 4.18. The summed E-state index contributed by atoms with van der Waals surface area (Å²) in [7, 11) is 0. The highest BCUT2D eigenvalue weighted by atomic mass is 16.3. The number of aromatic nitrogens is 1. The molecule has 12 aromatic carbocycles. The van der Waals surface area contributed by atoms with E-state index in [9.17, 15) is 0 Å². The Labute approximate surface area is 429 Å². The summed E-state index contributed by atoms with van der Waals surface area (Å²) in [5.41, 5.74) is 20.2. The van der Waals surface area contributed by atoms with Gasteiger partial charge in [-0.15, -0.1) is 0 Å². The summed E-state index contributed by atoms with van der Waals surface area (Å²) in [5, 5.41) is 7.05. The van der Waals surface area contributed by atoms with Crippen molar-refractivity contribution in [2.75, 3.05) is 4.90 Å². The van der Waals surface area contributed by atoms with Gasteiger partial charge in [0.05, 0.1) is 38.9 Å². The molecule has 346 valence electrons. The van der Waals surface area contributed by atoms with Crippen molar-refractivity contribution >= 4 is 71.6 Å². The van der Waals surface area contributed by atoms with Crippen molar-refractivity contribution in [3.8, 4) is 39.1 Å². The molecule has 2 aromatic heterocycles. The topological polar surface area (TPSA) is 21.3 Å². The molecule has 74 heavy (non-hydrogen) atoms. The van der Waals surface area contributed by atoms with Crippen molar-refractivity contribution in [1.29, 1.82) is 0 Å². The van der Waals surface area contributed by atoms with Crippen LogP contribution in [0.4, 0.5) is 17.1 Å². The summed E-state index contributed by atoms with van der Waals surface area (Å²) in [6, 6.07) is 102. The molecule has 1 aliphatic rings. The van der Waals surface area contributed by atoms with Crippen LogP contribution in [0.2, 0.25) is 0 Å². The van der Waals surface area contributed by atoms with Crippen LogP contribution in [0.15, 0.2) is 283 Å². The van der Waals surface area contributed by atoms with Crippen molar-refractivity contribution in [2.24, 2.45) is 0 Å². The third-order valence-corrected chi connectivity index (χ3v) is 15.7. The van der Waals surface area contributed by atoms with E-state index in [1.165, 1.54) is 60.4 Å². The van der Waals surface area contributed by atoms with Gasteiger partial charge >= 0.3 is 0 Å². The first-order valence-electron chi connectivity index (χ1n) is 25.5. The monoisotopic (exact) mass is 942 g/mol. The number of furan rings is 1. The van der Waals surface area contributed by atoms with E-state index in [2.05, 4.69) is 282 Å². The molecule has 0 fully saturated rings. The third kappa shape index (κ3) is 6.27. The Balaban J connectivity index is 0.893. The van der Waals surface area contributed by atoms with Crippen LogP contribution >= 0.6 is 0 Å². The lowest BCUT2D eigenvalue weighted by atomic mass is 9.67. The lowest BCUT2D eigenvalue weighted by molar-refractivity contribution is 0.669. The predicted octanol–water partition coefficient (Wildman–Crippen LogP) is 19.0. The summed E-state index contributed by atoms with van der Waals surface area (Å²) in [6.45, 7) is 0. The van der Waals surface area contributed by atoms with Crippen LogP contribution in [0.3, 0.4) is 0 Å². The second-order valence-electron chi connectivity index (χ2n) is 19.5. The number of nitrogens with zero attached hydrogens (tertiary/aromatic N) is 2. The van der Waals surface area contributed by atoms with Gasteiger partial charge in [-0.05, 0) is 110 Å². The van der Waals surface area contributed by atoms with E-state index in [1.54, 1.807) is 0 Å². The normalized spacial score (nSPS) is 12.7. The molecule has 3 nitrogen and oxygen atoms in total. The van der Waals surface area contributed by atoms with Crippen LogP contribution < -0.4 is 4.90 Å². The molecule has 0 N–H and O–H groups in total. The molecular weight excluding hydrogens is 897 g/mol. The fraction of sp³-hybridized carbons (Fsp3) is 0.0141. The molecule has 0 unspecified atom stereocenters. The molecule has 0 saturated heterocycles. The van der Waals surface area contributed by atoms with Gasteiger partial charge in [0.2, 0.25) is 0 Å². The molecule has 0 aliphatic heterocycles. The number of fused-ring (bicyclic) bond motifs is 10. The smallest absolute Gasteiger partial charge is 0.137 e. The average molecular weight is 943 g/mol. The van der Waals surface area contributed by atoms with Gasteiger partial charge in [0.15, 0.2) is 0 Å². The molecule has 0 radical (unpaired) electrons. The van der Waals surface area contributed by atoms with Crippen LogP contribution in [0.1, 0.15) is 22.3 Å². The Kier molecular flexibility index (Phi) is 9.48. The third-order valence-electron chi connectivity index (χ3n) is 15.7. The van der Waals surface area contributed by atoms with E-state index in [0.29, 0.717) is 0 Å². The fourth-order valence-corrected chi connectivity index (χ4v) is 12.5. The molecule has 14 aromatic rings. The second kappa shape index (κ2) is 16.7. The number of rotatable bonds is 8. The summed E-state index contributed by atoms with van der Waals surface area (Å²) in [5.74, 6) is 0. The van der Waals surface area contributed by atoms with Gasteiger partial charge in [-0.1, -0.05) is 224 Å². The van der Waals surface area contributed by atoms with Crippen LogP contribution in [0, 0.1) is 0 Å². The van der Waals surface area contributed by atoms with Crippen LogP contribution in [0.25, 0.3) is 93.6 Å². The van der Waals surface area contributed by atoms with E-state index >= 15 is 0 Å². The van der Waals surface area contributed by atoms with Crippen LogP contribution in [0.5, 0.6) is 0 Å². The molecule has 15 rings (SSSR count). The Morgan fingerprint density at radius 1 is 0.338 bits per heavy atom. The number of benzene rings is 12. The largest absolute Gasteiger partial charge is 0.456 e. The molecule has 3 heteroatoms. The fourth-order valence-electron chi connectivity index (χ4n) is 12.5. The lowest BCUT2D eigenvalue weighted by Gasteiger charge is -2.35. The highest BCUT2D eigenvalue weighted by Crippen LogP contribution is 2.58. The first-order chi connectivity index (χ1) is 36.7. The predicted molar refractivity (Wildman–Crippen MR) is 308 cm³/mol. The number of hydrogen-bond acceptors (Lipinski definition) is 2. The summed E-state index contributed by atoms with van der Waals surface area (Å²) in [4.78, 5) is 2.49. The van der Waals surface area contributed by atoms with Gasteiger partial charge in [-0.25, -0.2) is 0 Å². The minimum absolute atomic E-state index is 0.539. The highest BCUT2D eigenvalue weighted by Gasteiger charge is 2.46. The highest BCUT2D eigenvalue weighted by molar-refractivity contribution is 6.15. The number of hydrogen-bond donors (Lipinski definition) is 0.